The second-order valence-electron chi connectivity index (χ2n) is 4.15. The molecular formula is C12H15N3O2. The number of aliphatic carboxylic acids is 1. The van der Waals surface area contributed by atoms with Crippen LogP contribution in [0.1, 0.15) is 25.1 Å². The van der Waals surface area contributed by atoms with Crippen molar-refractivity contribution < 1.29 is 9.90 Å². The Kier molecular flexibility index (Phi) is 4.05. The van der Waals surface area contributed by atoms with E-state index in [9.17, 15) is 4.79 Å². The molecule has 0 aliphatic heterocycles. The van der Waals surface area contributed by atoms with Crippen molar-refractivity contribution in [2.75, 3.05) is 5.32 Å². The molecule has 0 saturated heterocycles. The number of carboxylic acid groups (broad SMARTS) is 1. The van der Waals surface area contributed by atoms with Crippen LogP contribution in [0.15, 0.2) is 12.1 Å². The zero-order valence-corrected chi connectivity index (χ0v) is 10.1. The van der Waals surface area contributed by atoms with Gasteiger partial charge in [-0.25, -0.2) is 9.78 Å². The Morgan fingerprint density at radius 3 is 2.59 bits per heavy atom. The molecule has 0 unspecified atom stereocenters. The molecule has 0 spiro atoms. The summed E-state index contributed by atoms with van der Waals surface area (Å²) in [4.78, 5) is 15.2. The van der Waals surface area contributed by atoms with Gasteiger partial charge in [-0.05, 0) is 25.0 Å². The van der Waals surface area contributed by atoms with Gasteiger partial charge in [0.1, 0.15) is 17.9 Å². The van der Waals surface area contributed by atoms with Gasteiger partial charge in [0, 0.05) is 0 Å². The van der Waals surface area contributed by atoms with Crippen LogP contribution in [0.5, 0.6) is 0 Å². The van der Waals surface area contributed by atoms with Gasteiger partial charge in [0.05, 0.1) is 11.3 Å². The normalized spacial score (nSPS) is 11.9. The van der Waals surface area contributed by atoms with E-state index in [-0.39, 0.29) is 5.92 Å². The van der Waals surface area contributed by atoms with E-state index in [0.29, 0.717) is 17.1 Å². The molecule has 0 fully saturated rings. The summed E-state index contributed by atoms with van der Waals surface area (Å²) in [6.45, 7) is 5.36. The van der Waals surface area contributed by atoms with Crippen LogP contribution in [-0.2, 0) is 4.79 Å². The van der Waals surface area contributed by atoms with Crippen molar-refractivity contribution in [1.29, 1.82) is 5.26 Å². The van der Waals surface area contributed by atoms with E-state index in [2.05, 4.69) is 10.3 Å². The van der Waals surface area contributed by atoms with E-state index >= 15 is 0 Å². The average molecular weight is 233 g/mol. The largest absolute Gasteiger partial charge is 0.480 e. The Hall–Kier alpha value is -2.09. The average Bonchev–Trinajstić information content (AvgIpc) is 2.25. The summed E-state index contributed by atoms with van der Waals surface area (Å²) in [7, 11) is 0. The van der Waals surface area contributed by atoms with Gasteiger partial charge in [0.2, 0.25) is 0 Å². The molecule has 0 aliphatic rings. The molecule has 1 aromatic heterocycles. The molecule has 0 amide bonds. The third kappa shape index (κ3) is 3.18. The summed E-state index contributed by atoms with van der Waals surface area (Å²) < 4.78 is 0. The van der Waals surface area contributed by atoms with Crippen LogP contribution in [-0.4, -0.2) is 22.1 Å². The van der Waals surface area contributed by atoms with Gasteiger partial charge in [-0.15, -0.1) is 0 Å². The number of rotatable bonds is 4. The molecule has 5 nitrogen and oxygen atoms in total. The molecule has 1 rings (SSSR count). The monoisotopic (exact) mass is 233 g/mol. The van der Waals surface area contributed by atoms with Crippen molar-refractivity contribution in [3.05, 3.63) is 23.4 Å². The maximum Gasteiger partial charge on any atom is 0.326 e. The Labute approximate surface area is 100 Å². The summed E-state index contributed by atoms with van der Waals surface area (Å²) in [6.07, 6.45) is 0. The quantitative estimate of drug-likeness (QED) is 0.827. The Morgan fingerprint density at radius 1 is 1.53 bits per heavy atom. The third-order valence-electron chi connectivity index (χ3n) is 2.44. The van der Waals surface area contributed by atoms with Crippen LogP contribution < -0.4 is 5.32 Å². The molecule has 0 radical (unpaired) electrons. The van der Waals surface area contributed by atoms with Crippen molar-refractivity contribution in [3.8, 4) is 6.07 Å². The highest BCUT2D eigenvalue weighted by Gasteiger charge is 2.21. The van der Waals surface area contributed by atoms with Gasteiger partial charge in [-0.2, -0.15) is 5.26 Å². The minimum absolute atomic E-state index is 0.0507. The molecule has 0 aromatic carbocycles. The Balaban J connectivity index is 2.92. The molecular weight excluding hydrogens is 218 g/mol. The number of hydrogen-bond acceptors (Lipinski definition) is 4. The van der Waals surface area contributed by atoms with Crippen LogP contribution in [0.4, 0.5) is 5.82 Å². The molecule has 5 heteroatoms. The number of nitrogens with zero attached hydrogens (tertiary/aromatic N) is 2. The van der Waals surface area contributed by atoms with Gasteiger partial charge in [-0.1, -0.05) is 13.8 Å². The van der Waals surface area contributed by atoms with E-state index in [1.54, 1.807) is 19.1 Å². The topological polar surface area (TPSA) is 86.0 Å². The maximum atomic E-state index is 11.0. The summed E-state index contributed by atoms with van der Waals surface area (Å²) in [5.41, 5.74) is 1.08. The lowest BCUT2D eigenvalue weighted by atomic mass is 10.0. The van der Waals surface area contributed by atoms with Gasteiger partial charge in [-0.3, -0.25) is 0 Å². The van der Waals surface area contributed by atoms with Crippen LogP contribution in [0.25, 0.3) is 0 Å². The number of pyridine rings is 1. The number of carbonyl (C=O) groups is 1. The number of nitrogens with one attached hydrogen (secondary N) is 1. The standard InChI is InChI=1S/C12H15N3O2/c1-7(2)11(12(16)17)15-10-5-4-9(6-13)8(3)14-10/h4-5,7,11H,1-3H3,(H,14,15)(H,16,17)/t11-/m0/s1. The minimum Gasteiger partial charge on any atom is -0.480 e. The van der Waals surface area contributed by atoms with Crippen LogP contribution in [0.2, 0.25) is 0 Å². The molecule has 1 heterocycles. The van der Waals surface area contributed by atoms with Crippen LogP contribution in [0, 0.1) is 24.2 Å². The predicted molar refractivity (Wildman–Crippen MR) is 63.6 cm³/mol. The highest BCUT2D eigenvalue weighted by molar-refractivity contribution is 5.77. The van der Waals surface area contributed by atoms with Crippen molar-refractivity contribution >= 4 is 11.8 Å². The Bertz CT molecular complexity index is 463. The number of aromatic nitrogens is 1. The number of hydrogen-bond donors (Lipinski definition) is 2. The fourth-order valence-corrected chi connectivity index (χ4v) is 1.43. The number of aryl methyl sites for hydroxylation is 1. The van der Waals surface area contributed by atoms with Crippen molar-refractivity contribution in [3.63, 3.8) is 0 Å². The second-order valence-corrected chi connectivity index (χ2v) is 4.15. The molecule has 0 saturated carbocycles. The van der Waals surface area contributed by atoms with Crippen molar-refractivity contribution in [2.45, 2.75) is 26.8 Å². The first-order chi connectivity index (χ1) is 7.95. The molecule has 1 aromatic rings. The van der Waals surface area contributed by atoms with E-state index in [1.165, 1.54) is 0 Å². The van der Waals surface area contributed by atoms with Crippen LogP contribution in [0.3, 0.4) is 0 Å². The number of nitriles is 1. The molecule has 2 N–H and O–H groups in total. The van der Waals surface area contributed by atoms with Gasteiger partial charge < -0.3 is 10.4 Å². The first kappa shape index (κ1) is 13.0. The first-order valence-electron chi connectivity index (χ1n) is 5.32. The highest BCUT2D eigenvalue weighted by Crippen LogP contribution is 2.13. The smallest absolute Gasteiger partial charge is 0.326 e. The van der Waals surface area contributed by atoms with Gasteiger partial charge in [0.25, 0.3) is 0 Å². The zero-order chi connectivity index (χ0) is 13.0. The SMILES string of the molecule is Cc1nc(N[C@H](C(=O)O)C(C)C)ccc1C#N. The lowest BCUT2D eigenvalue weighted by Crippen LogP contribution is -2.34. The molecule has 90 valence electrons. The molecule has 0 aliphatic carbocycles. The van der Waals surface area contributed by atoms with Crippen molar-refractivity contribution in [1.82, 2.24) is 4.98 Å². The van der Waals surface area contributed by atoms with E-state index < -0.39 is 12.0 Å². The lowest BCUT2D eigenvalue weighted by molar-refractivity contribution is -0.138. The summed E-state index contributed by atoms with van der Waals surface area (Å²) in [6, 6.07) is 4.57. The summed E-state index contributed by atoms with van der Waals surface area (Å²) in [5, 5.41) is 20.6. The van der Waals surface area contributed by atoms with Gasteiger partial charge >= 0.3 is 5.97 Å². The highest BCUT2D eigenvalue weighted by atomic mass is 16.4. The van der Waals surface area contributed by atoms with E-state index in [0.717, 1.165) is 0 Å². The number of carboxylic acids is 1. The second kappa shape index (κ2) is 5.30. The van der Waals surface area contributed by atoms with E-state index in [4.69, 9.17) is 10.4 Å². The Morgan fingerprint density at radius 2 is 2.18 bits per heavy atom. The lowest BCUT2D eigenvalue weighted by Gasteiger charge is -2.18. The minimum atomic E-state index is -0.913. The summed E-state index contributed by atoms with van der Waals surface area (Å²) >= 11 is 0. The molecule has 17 heavy (non-hydrogen) atoms. The fourth-order valence-electron chi connectivity index (χ4n) is 1.43. The maximum absolute atomic E-state index is 11.0. The molecule has 0 bridgehead atoms. The predicted octanol–water partition coefficient (Wildman–Crippen LogP) is 1.78. The van der Waals surface area contributed by atoms with E-state index in [1.807, 2.05) is 19.9 Å². The summed E-state index contributed by atoms with van der Waals surface area (Å²) in [5.74, 6) is -0.489. The van der Waals surface area contributed by atoms with Crippen molar-refractivity contribution in [2.24, 2.45) is 5.92 Å². The number of anilines is 1. The third-order valence-corrected chi connectivity index (χ3v) is 2.44. The van der Waals surface area contributed by atoms with Gasteiger partial charge in [0.15, 0.2) is 0 Å². The molecule has 1 atom stereocenters. The first-order valence-corrected chi connectivity index (χ1v) is 5.32. The van der Waals surface area contributed by atoms with Crippen LogP contribution >= 0.6 is 0 Å². The fraction of sp³-hybridized carbons (Fsp3) is 0.417. The zero-order valence-electron chi connectivity index (χ0n) is 10.1.